The van der Waals surface area contributed by atoms with Gasteiger partial charge < -0.3 is 4.74 Å². The Hall–Kier alpha value is -1.76. The molecular weight excluding hydrogens is 172 g/mol. The van der Waals surface area contributed by atoms with Gasteiger partial charge in [-0.25, -0.2) is 0 Å². The molecule has 0 aliphatic carbocycles. The quantitative estimate of drug-likeness (QED) is 0.607. The number of ether oxygens (including phenoxy) is 1. The number of hydrogen-bond donors (Lipinski definition) is 0. The SMILES string of the molecule is C=C1Cc2c(ccc3ccccc23)O1. The zero-order valence-corrected chi connectivity index (χ0v) is 7.79. The maximum absolute atomic E-state index is 5.52. The summed E-state index contributed by atoms with van der Waals surface area (Å²) < 4.78 is 5.52. The molecule has 1 heteroatoms. The molecule has 68 valence electrons. The molecule has 0 bridgehead atoms. The first-order valence-corrected chi connectivity index (χ1v) is 4.71. The monoisotopic (exact) mass is 182 g/mol. The Morgan fingerprint density at radius 3 is 2.86 bits per heavy atom. The van der Waals surface area contributed by atoms with Gasteiger partial charge in [0, 0.05) is 12.0 Å². The minimum atomic E-state index is 0.844. The van der Waals surface area contributed by atoms with E-state index in [1.54, 1.807) is 0 Å². The first-order chi connectivity index (χ1) is 6.84. The molecule has 0 N–H and O–H groups in total. The molecule has 1 aliphatic heterocycles. The molecule has 2 aromatic rings. The minimum absolute atomic E-state index is 0.844. The van der Waals surface area contributed by atoms with Crippen LogP contribution >= 0.6 is 0 Å². The number of rotatable bonds is 0. The van der Waals surface area contributed by atoms with Crippen molar-refractivity contribution in [3.63, 3.8) is 0 Å². The summed E-state index contributed by atoms with van der Waals surface area (Å²) in [6, 6.07) is 12.5. The largest absolute Gasteiger partial charge is 0.462 e. The summed E-state index contributed by atoms with van der Waals surface area (Å²) in [7, 11) is 0. The Morgan fingerprint density at radius 1 is 1.07 bits per heavy atom. The van der Waals surface area contributed by atoms with Crippen molar-refractivity contribution in [2.24, 2.45) is 0 Å². The van der Waals surface area contributed by atoms with Gasteiger partial charge in [-0.3, -0.25) is 0 Å². The molecule has 0 aromatic heterocycles. The lowest BCUT2D eigenvalue weighted by atomic mass is 10.0. The standard InChI is InChI=1S/C13H10O/c1-9-8-12-11-5-3-2-4-10(11)6-7-13(12)14-9/h2-7H,1,8H2. The van der Waals surface area contributed by atoms with Crippen LogP contribution in [0, 0.1) is 0 Å². The van der Waals surface area contributed by atoms with Gasteiger partial charge in [-0.1, -0.05) is 36.9 Å². The van der Waals surface area contributed by atoms with Crippen molar-refractivity contribution in [2.75, 3.05) is 0 Å². The molecule has 1 heterocycles. The van der Waals surface area contributed by atoms with Crippen LogP contribution in [0.25, 0.3) is 10.8 Å². The molecule has 1 nitrogen and oxygen atoms in total. The summed E-state index contributed by atoms with van der Waals surface area (Å²) in [6.07, 6.45) is 0.844. The van der Waals surface area contributed by atoms with E-state index >= 15 is 0 Å². The van der Waals surface area contributed by atoms with Crippen molar-refractivity contribution in [1.82, 2.24) is 0 Å². The van der Waals surface area contributed by atoms with Gasteiger partial charge in [-0.05, 0) is 16.8 Å². The smallest absolute Gasteiger partial charge is 0.131 e. The number of hydrogen-bond acceptors (Lipinski definition) is 1. The molecule has 0 atom stereocenters. The third kappa shape index (κ3) is 0.956. The van der Waals surface area contributed by atoms with E-state index in [0.29, 0.717) is 0 Å². The molecule has 0 fully saturated rings. The van der Waals surface area contributed by atoms with Crippen molar-refractivity contribution >= 4 is 10.8 Å². The Labute approximate surface area is 82.6 Å². The molecule has 2 aromatic carbocycles. The van der Waals surface area contributed by atoms with E-state index in [4.69, 9.17) is 4.74 Å². The summed E-state index contributed by atoms with van der Waals surface area (Å²) >= 11 is 0. The van der Waals surface area contributed by atoms with E-state index in [9.17, 15) is 0 Å². The van der Waals surface area contributed by atoms with Gasteiger partial charge in [0.15, 0.2) is 0 Å². The highest BCUT2D eigenvalue weighted by Gasteiger charge is 2.17. The average Bonchev–Trinajstić information content (AvgIpc) is 2.59. The second kappa shape index (κ2) is 2.61. The molecule has 0 spiro atoms. The van der Waals surface area contributed by atoms with Crippen molar-refractivity contribution in [3.05, 3.63) is 54.3 Å². The van der Waals surface area contributed by atoms with Gasteiger partial charge in [-0.15, -0.1) is 0 Å². The lowest BCUT2D eigenvalue weighted by Gasteiger charge is -2.02. The third-order valence-corrected chi connectivity index (χ3v) is 2.63. The normalized spacial score (nSPS) is 14.1. The first kappa shape index (κ1) is 7.63. The highest BCUT2D eigenvalue weighted by atomic mass is 16.5. The number of benzene rings is 2. The second-order valence-corrected chi connectivity index (χ2v) is 3.58. The van der Waals surface area contributed by atoms with Crippen molar-refractivity contribution < 1.29 is 4.74 Å². The van der Waals surface area contributed by atoms with E-state index in [-0.39, 0.29) is 0 Å². The lowest BCUT2D eigenvalue weighted by Crippen LogP contribution is -1.82. The van der Waals surface area contributed by atoms with E-state index in [1.165, 1.54) is 16.3 Å². The van der Waals surface area contributed by atoms with Crippen LogP contribution in [0.2, 0.25) is 0 Å². The highest BCUT2D eigenvalue weighted by molar-refractivity contribution is 5.88. The Balaban J connectivity index is 2.39. The first-order valence-electron chi connectivity index (χ1n) is 4.71. The number of fused-ring (bicyclic) bond motifs is 3. The topological polar surface area (TPSA) is 9.23 Å². The molecule has 0 radical (unpaired) electrons. The summed E-state index contributed by atoms with van der Waals surface area (Å²) in [5.74, 6) is 1.81. The fourth-order valence-electron chi connectivity index (χ4n) is 1.98. The van der Waals surface area contributed by atoms with Crippen molar-refractivity contribution in [3.8, 4) is 5.75 Å². The summed E-state index contributed by atoms with van der Waals surface area (Å²) in [5.41, 5.74) is 1.27. The maximum Gasteiger partial charge on any atom is 0.131 e. The molecule has 14 heavy (non-hydrogen) atoms. The van der Waals surface area contributed by atoms with E-state index in [2.05, 4.69) is 36.9 Å². The van der Waals surface area contributed by atoms with Gasteiger partial charge in [0.25, 0.3) is 0 Å². The van der Waals surface area contributed by atoms with E-state index in [1.807, 2.05) is 6.07 Å². The van der Waals surface area contributed by atoms with Gasteiger partial charge in [0.2, 0.25) is 0 Å². The molecule has 0 amide bonds. The lowest BCUT2D eigenvalue weighted by molar-refractivity contribution is 0.449. The second-order valence-electron chi connectivity index (χ2n) is 3.58. The molecule has 0 saturated heterocycles. The third-order valence-electron chi connectivity index (χ3n) is 2.63. The van der Waals surface area contributed by atoms with Crippen LogP contribution in [0.1, 0.15) is 5.56 Å². The van der Waals surface area contributed by atoms with E-state index < -0.39 is 0 Å². The molecule has 0 unspecified atom stereocenters. The van der Waals surface area contributed by atoms with Crippen molar-refractivity contribution in [2.45, 2.75) is 6.42 Å². The Bertz CT molecular complexity index is 526. The fraction of sp³-hybridized carbons (Fsp3) is 0.0769. The van der Waals surface area contributed by atoms with Gasteiger partial charge in [0.1, 0.15) is 11.5 Å². The van der Waals surface area contributed by atoms with Crippen LogP contribution < -0.4 is 4.74 Å². The fourth-order valence-corrected chi connectivity index (χ4v) is 1.98. The Kier molecular flexibility index (Phi) is 1.42. The Morgan fingerprint density at radius 2 is 1.93 bits per heavy atom. The van der Waals surface area contributed by atoms with Crippen LogP contribution in [0.5, 0.6) is 5.75 Å². The van der Waals surface area contributed by atoms with Crippen LogP contribution in [-0.2, 0) is 6.42 Å². The van der Waals surface area contributed by atoms with E-state index in [0.717, 1.165) is 17.9 Å². The summed E-state index contributed by atoms with van der Waals surface area (Å²) in [4.78, 5) is 0. The maximum atomic E-state index is 5.52. The van der Waals surface area contributed by atoms with Crippen molar-refractivity contribution in [1.29, 1.82) is 0 Å². The predicted molar refractivity (Wildman–Crippen MR) is 57.4 cm³/mol. The van der Waals surface area contributed by atoms with Crippen LogP contribution in [0.3, 0.4) is 0 Å². The average molecular weight is 182 g/mol. The van der Waals surface area contributed by atoms with Gasteiger partial charge in [-0.2, -0.15) is 0 Å². The summed E-state index contributed by atoms with van der Waals surface area (Å²) in [5, 5.41) is 2.55. The minimum Gasteiger partial charge on any atom is -0.462 e. The van der Waals surface area contributed by atoms with Crippen LogP contribution in [0.4, 0.5) is 0 Å². The molecular formula is C13H10O. The van der Waals surface area contributed by atoms with Gasteiger partial charge in [0.05, 0.1) is 0 Å². The predicted octanol–water partition coefficient (Wildman–Crippen LogP) is 3.29. The number of allylic oxidation sites excluding steroid dienone is 1. The zero-order chi connectivity index (χ0) is 9.54. The highest BCUT2D eigenvalue weighted by Crippen LogP contribution is 2.35. The van der Waals surface area contributed by atoms with Crippen LogP contribution in [0.15, 0.2) is 48.7 Å². The van der Waals surface area contributed by atoms with Gasteiger partial charge >= 0.3 is 0 Å². The molecule has 1 aliphatic rings. The molecule has 3 rings (SSSR count). The molecule has 0 saturated carbocycles. The zero-order valence-electron chi connectivity index (χ0n) is 7.79. The summed E-state index contributed by atoms with van der Waals surface area (Å²) in [6.45, 7) is 3.85. The van der Waals surface area contributed by atoms with Crippen LogP contribution in [-0.4, -0.2) is 0 Å².